The first-order valence-electron chi connectivity index (χ1n) is 4.78. The smallest absolute Gasteiger partial charge is 0.186 e. The average Bonchev–Trinajstić information content (AvgIpc) is 2.71. The Kier molecular flexibility index (Phi) is 5.49. The van der Waals surface area contributed by atoms with E-state index in [9.17, 15) is 4.79 Å². The number of hydrogen-bond acceptors (Lipinski definition) is 5. The van der Waals surface area contributed by atoms with Crippen LogP contribution in [0.2, 0.25) is 0 Å². The van der Waals surface area contributed by atoms with Crippen molar-refractivity contribution in [1.29, 1.82) is 0 Å². The van der Waals surface area contributed by atoms with Crippen molar-refractivity contribution in [3.63, 3.8) is 0 Å². The maximum absolute atomic E-state index is 11.7. The van der Waals surface area contributed by atoms with Crippen molar-refractivity contribution in [3.8, 4) is 0 Å². The van der Waals surface area contributed by atoms with Crippen molar-refractivity contribution >= 4 is 17.1 Å². The number of ketones is 1. The molecule has 84 valence electrons. The lowest BCUT2D eigenvalue weighted by Gasteiger charge is -2.18. The molecule has 0 aliphatic rings. The molecule has 0 atom stereocenters. The highest BCUT2D eigenvalue weighted by Crippen LogP contribution is 2.09. The van der Waals surface area contributed by atoms with E-state index in [4.69, 9.17) is 10.2 Å². The number of Topliss-reactive ketones (excluding diaryl/α,β-unsaturated/α-hetero) is 1. The van der Waals surface area contributed by atoms with E-state index in [1.165, 1.54) is 11.3 Å². The van der Waals surface area contributed by atoms with Crippen molar-refractivity contribution in [1.82, 2.24) is 4.90 Å². The summed E-state index contributed by atoms with van der Waals surface area (Å²) < 4.78 is 0. The maximum Gasteiger partial charge on any atom is 0.186 e. The molecule has 1 aromatic rings. The lowest BCUT2D eigenvalue weighted by atomic mass is 10.3. The Morgan fingerprint density at radius 3 is 2.47 bits per heavy atom. The monoisotopic (exact) mass is 229 g/mol. The minimum Gasteiger partial charge on any atom is -0.395 e. The molecule has 0 aliphatic heterocycles. The zero-order chi connectivity index (χ0) is 11.1. The summed E-state index contributed by atoms with van der Waals surface area (Å²) >= 11 is 1.41. The molecule has 0 radical (unpaired) electrons. The fourth-order valence-corrected chi connectivity index (χ4v) is 1.93. The number of rotatable bonds is 7. The Bertz CT molecular complexity index is 281. The summed E-state index contributed by atoms with van der Waals surface area (Å²) in [6.07, 6.45) is 0. The Labute approximate surface area is 92.8 Å². The number of aliphatic hydroxyl groups excluding tert-OH is 2. The third kappa shape index (κ3) is 4.09. The van der Waals surface area contributed by atoms with Gasteiger partial charge in [0.05, 0.1) is 24.6 Å². The molecule has 5 heteroatoms. The van der Waals surface area contributed by atoms with Crippen LogP contribution >= 0.6 is 11.3 Å². The molecule has 0 amide bonds. The van der Waals surface area contributed by atoms with Crippen LogP contribution in [0.3, 0.4) is 0 Å². The summed E-state index contributed by atoms with van der Waals surface area (Å²) in [6.45, 7) is 1.08. The molecule has 0 fully saturated rings. The van der Waals surface area contributed by atoms with Gasteiger partial charge in [-0.2, -0.15) is 0 Å². The molecule has 2 N–H and O–H groups in total. The van der Waals surface area contributed by atoms with Crippen molar-refractivity contribution in [2.24, 2.45) is 0 Å². The highest BCUT2D eigenvalue weighted by Gasteiger charge is 2.12. The lowest BCUT2D eigenvalue weighted by Crippen LogP contribution is -2.34. The molecule has 15 heavy (non-hydrogen) atoms. The molecule has 1 heterocycles. The molecule has 0 bridgehead atoms. The van der Waals surface area contributed by atoms with E-state index in [1.54, 1.807) is 11.0 Å². The van der Waals surface area contributed by atoms with Crippen LogP contribution in [0.15, 0.2) is 17.5 Å². The van der Waals surface area contributed by atoms with Gasteiger partial charge < -0.3 is 10.2 Å². The highest BCUT2D eigenvalue weighted by molar-refractivity contribution is 7.12. The molecular weight excluding hydrogens is 214 g/mol. The topological polar surface area (TPSA) is 60.8 Å². The first-order chi connectivity index (χ1) is 7.27. The molecule has 0 unspecified atom stereocenters. The Morgan fingerprint density at radius 2 is 2.00 bits per heavy atom. The van der Waals surface area contributed by atoms with E-state index in [0.717, 1.165) is 4.88 Å². The first kappa shape index (κ1) is 12.3. The Balaban J connectivity index is 2.47. The number of thiophene rings is 1. The van der Waals surface area contributed by atoms with Crippen molar-refractivity contribution in [2.45, 2.75) is 0 Å². The summed E-state index contributed by atoms with van der Waals surface area (Å²) in [5, 5.41) is 19.4. The minimum absolute atomic E-state index is 0.00226. The summed E-state index contributed by atoms with van der Waals surface area (Å²) in [6, 6.07) is 3.61. The van der Waals surface area contributed by atoms with E-state index < -0.39 is 0 Å². The summed E-state index contributed by atoms with van der Waals surface area (Å²) in [4.78, 5) is 14.1. The number of carbonyl (C=O) groups is 1. The first-order valence-corrected chi connectivity index (χ1v) is 5.66. The number of nitrogens with zero attached hydrogens (tertiary/aromatic N) is 1. The Morgan fingerprint density at radius 1 is 1.33 bits per heavy atom. The molecule has 0 saturated heterocycles. The van der Waals surface area contributed by atoms with E-state index in [1.807, 2.05) is 11.4 Å². The third-order valence-corrected chi connectivity index (χ3v) is 2.91. The van der Waals surface area contributed by atoms with Crippen LogP contribution < -0.4 is 0 Å². The zero-order valence-corrected chi connectivity index (χ0v) is 9.24. The van der Waals surface area contributed by atoms with Crippen molar-refractivity contribution < 1.29 is 15.0 Å². The van der Waals surface area contributed by atoms with E-state index in [-0.39, 0.29) is 25.5 Å². The number of carbonyl (C=O) groups excluding carboxylic acids is 1. The second kappa shape index (κ2) is 6.68. The van der Waals surface area contributed by atoms with Gasteiger partial charge in [-0.3, -0.25) is 9.69 Å². The van der Waals surface area contributed by atoms with Gasteiger partial charge in [-0.1, -0.05) is 6.07 Å². The van der Waals surface area contributed by atoms with Gasteiger partial charge in [0.15, 0.2) is 5.78 Å². The number of hydrogen-bond donors (Lipinski definition) is 2. The molecule has 1 rings (SSSR count). The molecular formula is C10H15NO3S. The number of aliphatic hydroxyl groups is 2. The van der Waals surface area contributed by atoms with E-state index in [0.29, 0.717) is 13.1 Å². The molecule has 0 aliphatic carbocycles. The third-order valence-electron chi connectivity index (χ3n) is 2.00. The Hall–Kier alpha value is -0.750. The van der Waals surface area contributed by atoms with Crippen molar-refractivity contribution in [2.75, 3.05) is 32.8 Å². The van der Waals surface area contributed by atoms with Crippen LogP contribution in [0.4, 0.5) is 0 Å². The predicted octanol–water partition coefficient (Wildman–Crippen LogP) is 0.217. The van der Waals surface area contributed by atoms with Crippen LogP contribution in [0.25, 0.3) is 0 Å². The second-order valence-electron chi connectivity index (χ2n) is 3.12. The van der Waals surface area contributed by atoms with Crippen LogP contribution in [-0.4, -0.2) is 53.7 Å². The molecule has 0 aromatic carbocycles. The average molecular weight is 229 g/mol. The van der Waals surface area contributed by atoms with E-state index >= 15 is 0 Å². The fraction of sp³-hybridized carbons (Fsp3) is 0.500. The normalized spacial score (nSPS) is 10.9. The van der Waals surface area contributed by atoms with Gasteiger partial charge in [0.25, 0.3) is 0 Å². The second-order valence-corrected chi connectivity index (χ2v) is 4.07. The maximum atomic E-state index is 11.7. The zero-order valence-electron chi connectivity index (χ0n) is 8.43. The quantitative estimate of drug-likeness (QED) is 0.657. The van der Waals surface area contributed by atoms with Crippen LogP contribution in [-0.2, 0) is 0 Å². The van der Waals surface area contributed by atoms with Crippen LogP contribution in [0.5, 0.6) is 0 Å². The van der Waals surface area contributed by atoms with Crippen LogP contribution in [0, 0.1) is 0 Å². The lowest BCUT2D eigenvalue weighted by molar-refractivity contribution is 0.0898. The molecule has 1 aromatic heterocycles. The van der Waals surface area contributed by atoms with E-state index in [2.05, 4.69) is 0 Å². The standard InChI is InChI=1S/C10H15NO3S/c12-5-3-11(4-6-13)8-9(14)10-2-1-7-15-10/h1-2,7,12-13H,3-6,8H2. The predicted molar refractivity (Wildman–Crippen MR) is 59.3 cm³/mol. The largest absolute Gasteiger partial charge is 0.395 e. The highest BCUT2D eigenvalue weighted by atomic mass is 32.1. The van der Waals surface area contributed by atoms with Gasteiger partial charge in [0.2, 0.25) is 0 Å². The van der Waals surface area contributed by atoms with Crippen LogP contribution in [0.1, 0.15) is 9.67 Å². The minimum atomic E-state index is -0.00226. The summed E-state index contributed by atoms with van der Waals surface area (Å²) in [7, 11) is 0. The SMILES string of the molecule is O=C(CN(CCO)CCO)c1cccs1. The van der Waals surface area contributed by atoms with Gasteiger partial charge in [0.1, 0.15) is 0 Å². The van der Waals surface area contributed by atoms with Gasteiger partial charge in [0, 0.05) is 13.1 Å². The molecule has 4 nitrogen and oxygen atoms in total. The van der Waals surface area contributed by atoms with Gasteiger partial charge >= 0.3 is 0 Å². The van der Waals surface area contributed by atoms with Crippen molar-refractivity contribution in [3.05, 3.63) is 22.4 Å². The van der Waals surface area contributed by atoms with Gasteiger partial charge in [-0.05, 0) is 11.4 Å². The van der Waals surface area contributed by atoms with Gasteiger partial charge in [-0.15, -0.1) is 11.3 Å². The molecule has 0 spiro atoms. The van der Waals surface area contributed by atoms with Gasteiger partial charge in [-0.25, -0.2) is 0 Å². The summed E-state index contributed by atoms with van der Waals surface area (Å²) in [5.74, 6) is 0.0342. The molecule has 0 saturated carbocycles. The summed E-state index contributed by atoms with van der Waals surface area (Å²) in [5.41, 5.74) is 0. The fourth-order valence-electron chi connectivity index (χ4n) is 1.27.